The molecule has 2 unspecified atom stereocenters. The third-order valence-corrected chi connectivity index (χ3v) is 7.55. The van der Waals surface area contributed by atoms with Gasteiger partial charge in [-0.1, -0.05) is 90.9 Å². The van der Waals surface area contributed by atoms with Gasteiger partial charge in [0, 0.05) is 25.7 Å². The topological polar surface area (TPSA) is 27.7 Å². The fourth-order valence-electron chi connectivity index (χ4n) is 5.35. The van der Waals surface area contributed by atoms with Crippen molar-refractivity contribution in [2.45, 2.75) is 142 Å². The summed E-state index contributed by atoms with van der Waals surface area (Å²) in [5, 5.41) is 0. The van der Waals surface area contributed by atoms with Crippen molar-refractivity contribution < 1.29 is 36.2 Å². The fraction of sp³-hybridized carbons (Fsp3) is 0.806. The molecule has 0 bridgehead atoms. The van der Waals surface area contributed by atoms with Gasteiger partial charge >= 0.3 is 0 Å². The van der Waals surface area contributed by atoms with Crippen LogP contribution in [0.5, 0.6) is 0 Å². The Balaban J connectivity index is 2.51. The van der Waals surface area contributed by atoms with Gasteiger partial charge in [0.05, 0.1) is 6.10 Å². The molecular weight excluding hydrogens is 515 g/mol. The van der Waals surface area contributed by atoms with Gasteiger partial charge < -0.3 is 14.2 Å². The highest BCUT2D eigenvalue weighted by Crippen LogP contribution is 2.35. The molecule has 39 heavy (non-hydrogen) atoms. The average molecular weight is 567 g/mol. The molecule has 0 aliphatic heterocycles. The van der Waals surface area contributed by atoms with E-state index in [4.69, 9.17) is 14.2 Å². The van der Waals surface area contributed by atoms with Gasteiger partial charge in [-0.25, -0.2) is 22.0 Å². The smallest absolute Gasteiger partial charge is 0.285 e. The van der Waals surface area contributed by atoms with Crippen LogP contribution in [0.25, 0.3) is 0 Å². The van der Waals surface area contributed by atoms with Crippen LogP contribution in [0.2, 0.25) is 0 Å². The summed E-state index contributed by atoms with van der Waals surface area (Å²) in [6.45, 7) is 7.66. The summed E-state index contributed by atoms with van der Waals surface area (Å²) in [5.74, 6) is -11.0. The van der Waals surface area contributed by atoms with Crippen molar-refractivity contribution in [3.8, 4) is 0 Å². The Morgan fingerprint density at radius 2 is 0.949 bits per heavy atom. The van der Waals surface area contributed by atoms with Gasteiger partial charge in [0.15, 0.2) is 23.3 Å². The minimum Gasteiger partial charge on any atom is -0.331 e. The first kappa shape index (κ1) is 35.8. The molecule has 0 aliphatic rings. The zero-order valence-corrected chi connectivity index (χ0v) is 25.0. The summed E-state index contributed by atoms with van der Waals surface area (Å²) >= 11 is 0. The monoisotopic (exact) mass is 566 g/mol. The second kappa shape index (κ2) is 19.0. The first-order valence-electron chi connectivity index (χ1n) is 14.9. The molecule has 0 saturated carbocycles. The Morgan fingerprint density at radius 3 is 1.36 bits per heavy atom. The standard InChI is InChI=1S/C31H51F5O3/c1-7-8-9-10-14-17-20-24(31(37-5,38-6)39-22(2)3)21-18-15-12-11-13-16-19-23(4)25-26(32)28(34)30(36)29(35)27(25)33/h22-24H,7-21H2,1-6H3. The molecule has 2 atom stereocenters. The van der Waals surface area contributed by atoms with Crippen molar-refractivity contribution in [3.63, 3.8) is 0 Å². The van der Waals surface area contributed by atoms with Gasteiger partial charge in [-0.3, -0.25) is 0 Å². The Hall–Kier alpha value is -1.25. The Morgan fingerprint density at radius 1 is 0.564 bits per heavy atom. The van der Waals surface area contributed by atoms with Crippen molar-refractivity contribution in [2.75, 3.05) is 14.2 Å². The summed E-state index contributed by atoms with van der Waals surface area (Å²) in [7, 11) is 3.27. The van der Waals surface area contributed by atoms with Gasteiger partial charge in [-0.2, -0.15) is 0 Å². The van der Waals surface area contributed by atoms with Crippen molar-refractivity contribution >= 4 is 0 Å². The largest absolute Gasteiger partial charge is 0.331 e. The van der Waals surface area contributed by atoms with Crippen LogP contribution in [-0.4, -0.2) is 26.3 Å². The number of hydrogen-bond acceptors (Lipinski definition) is 3. The third kappa shape index (κ3) is 11.3. The van der Waals surface area contributed by atoms with Crippen molar-refractivity contribution in [1.29, 1.82) is 0 Å². The summed E-state index contributed by atoms with van der Waals surface area (Å²) in [6.07, 6.45) is 14.9. The third-order valence-electron chi connectivity index (χ3n) is 7.55. The highest BCUT2D eigenvalue weighted by Gasteiger charge is 2.41. The number of hydrogen-bond donors (Lipinski definition) is 0. The molecule has 0 aromatic heterocycles. The van der Waals surface area contributed by atoms with Gasteiger partial charge in [0.25, 0.3) is 5.97 Å². The van der Waals surface area contributed by atoms with E-state index in [1.807, 2.05) is 13.8 Å². The molecule has 8 heteroatoms. The number of benzene rings is 1. The molecule has 1 aromatic rings. The predicted molar refractivity (Wildman–Crippen MR) is 146 cm³/mol. The highest BCUT2D eigenvalue weighted by molar-refractivity contribution is 5.27. The quantitative estimate of drug-likeness (QED) is 0.0459. The summed E-state index contributed by atoms with van der Waals surface area (Å²) in [5.41, 5.74) is -0.716. The van der Waals surface area contributed by atoms with Crippen molar-refractivity contribution in [1.82, 2.24) is 0 Å². The molecule has 0 radical (unpaired) electrons. The summed E-state index contributed by atoms with van der Waals surface area (Å²) in [4.78, 5) is 0. The highest BCUT2D eigenvalue weighted by atomic mass is 19.2. The maximum absolute atomic E-state index is 14.0. The van der Waals surface area contributed by atoms with Crippen LogP contribution >= 0.6 is 0 Å². The predicted octanol–water partition coefficient (Wildman–Crippen LogP) is 10.3. The molecule has 0 aliphatic carbocycles. The van der Waals surface area contributed by atoms with E-state index in [0.29, 0.717) is 12.8 Å². The first-order valence-corrected chi connectivity index (χ1v) is 14.9. The minimum absolute atomic E-state index is 0.0378. The molecule has 0 fully saturated rings. The summed E-state index contributed by atoms with van der Waals surface area (Å²) in [6, 6.07) is 0. The molecule has 0 amide bonds. The van der Waals surface area contributed by atoms with E-state index < -0.39 is 46.5 Å². The summed E-state index contributed by atoms with van der Waals surface area (Å²) < 4.78 is 86.1. The van der Waals surface area contributed by atoms with Crippen LogP contribution in [0.1, 0.15) is 135 Å². The van der Waals surface area contributed by atoms with E-state index in [-0.39, 0.29) is 12.0 Å². The number of methoxy groups -OCH3 is 2. The van der Waals surface area contributed by atoms with E-state index in [2.05, 4.69) is 6.92 Å². The maximum Gasteiger partial charge on any atom is 0.285 e. The van der Waals surface area contributed by atoms with Crippen LogP contribution in [0.4, 0.5) is 22.0 Å². The van der Waals surface area contributed by atoms with E-state index in [0.717, 1.165) is 51.4 Å². The van der Waals surface area contributed by atoms with Crippen LogP contribution in [-0.2, 0) is 14.2 Å². The van der Waals surface area contributed by atoms with E-state index in [1.54, 1.807) is 14.2 Å². The second-order valence-corrected chi connectivity index (χ2v) is 11.0. The molecule has 228 valence electrons. The lowest BCUT2D eigenvalue weighted by molar-refractivity contribution is -0.399. The van der Waals surface area contributed by atoms with Crippen LogP contribution < -0.4 is 0 Å². The number of unbranched alkanes of at least 4 members (excludes halogenated alkanes) is 10. The van der Waals surface area contributed by atoms with E-state index >= 15 is 0 Å². The van der Waals surface area contributed by atoms with Crippen molar-refractivity contribution in [2.24, 2.45) is 5.92 Å². The lowest BCUT2D eigenvalue weighted by Gasteiger charge is -2.39. The minimum atomic E-state index is -2.11. The molecule has 0 heterocycles. The Kier molecular flexibility index (Phi) is 17.4. The average Bonchev–Trinajstić information content (AvgIpc) is 2.91. The second-order valence-electron chi connectivity index (χ2n) is 11.0. The Bertz CT molecular complexity index is 785. The zero-order chi connectivity index (χ0) is 29.4. The lowest BCUT2D eigenvalue weighted by atomic mass is 9.91. The van der Waals surface area contributed by atoms with Crippen molar-refractivity contribution in [3.05, 3.63) is 34.6 Å². The molecular formula is C31H51F5O3. The molecule has 0 saturated heterocycles. The number of halogens is 5. The van der Waals surface area contributed by atoms with Gasteiger partial charge in [-0.05, 0) is 39.0 Å². The lowest BCUT2D eigenvalue weighted by Crippen LogP contribution is -2.46. The number of rotatable bonds is 22. The molecule has 3 nitrogen and oxygen atoms in total. The van der Waals surface area contributed by atoms with Crippen LogP contribution in [0.3, 0.4) is 0 Å². The SMILES string of the molecule is CCCCCCCCC(CCCCCCCCC(C)c1c(F)c(F)c(F)c(F)c1F)C(OC)(OC)OC(C)C. The zero-order valence-electron chi connectivity index (χ0n) is 25.0. The van der Waals surface area contributed by atoms with Gasteiger partial charge in [0.1, 0.15) is 0 Å². The van der Waals surface area contributed by atoms with E-state index in [9.17, 15) is 22.0 Å². The van der Waals surface area contributed by atoms with Gasteiger partial charge in [0.2, 0.25) is 5.82 Å². The fourth-order valence-corrected chi connectivity index (χ4v) is 5.35. The van der Waals surface area contributed by atoms with Gasteiger partial charge in [-0.15, -0.1) is 0 Å². The van der Waals surface area contributed by atoms with E-state index in [1.165, 1.54) is 39.0 Å². The first-order chi connectivity index (χ1) is 18.6. The maximum atomic E-state index is 14.0. The number of ether oxygens (including phenoxy) is 3. The normalized spacial score (nSPS) is 13.8. The molecule has 0 spiro atoms. The molecule has 1 rings (SSSR count). The molecule has 0 N–H and O–H groups in total. The van der Waals surface area contributed by atoms with Crippen LogP contribution in [0, 0.1) is 35.0 Å². The molecule has 1 aromatic carbocycles. The van der Waals surface area contributed by atoms with Crippen LogP contribution in [0.15, 0.2) is 0 Å². The Labute approximate surface area is 233 Å².